The zero-order valence-electron chi connectivity index (χ0n) is 9.84. The second-order valence-corrected chi connectivity index (χ2v) is 4.04. The van der Waals surface area contributed by atoms with E-state index in [9.17, 15) is 4.79 Å². The van der Waals surface area contributed by atoms with Crippen molar-refractivity contribution in [1.82, 2.24) is 10.6 Å². The topological polar surface area (TPSA) is 50.4 Å². The molecule has 1 saturated heterocycles. The molecule has 0 aromatic carbocycles. The molecule has 0 radical (unpaired) electrons. The van der Waals surface area contributed by atoms with Crippen LogP contribution in [0.15, 0.2) is 12.7 Å². The van der Waals surface area contributed by atoms with Gasteiger partial charge in [-0.05, 0) is 38.3 Å². The molecule has 0 aliphatic carbocycles. The summed E-state index contributed by atoms with van der Waals surface area (Å²) in [5.41, 5.74) is 0. The number of hydrogen-bond donors (Lipinski definition) is 2. The molecule has 0 aromatic heterocycles. The number of rotatable bonds is 7. The average molecular weight is 226 g/mol. The lowest BCUT2D eigenvalue weighted by molar-refractivity contribution is -0.116. The fourth-order valence-electron chi connectivity index (χ4n) is 1.72. The maximum Gasteiger partial charge on any atom is 0.243 e. The Hall–Kier alpha value is -0.870. The van der Waals surface area contributed by atoms with Crippen molar-refractivity contribution in [3.63, 3.8) is 0 Å². The number of amides is 1. The van der Waals surface area contributed by atoms with Crippen LogP contribution in [0, 0.1) is 0 Å². The van der Waals surface area contributed by atoms with Crippen molar-refractivity contribution < 1.29 is 9.53 Å². The Kier molecular flexibility index (Phi) is 6.85. The zero-order chi connectivity index (χ0) is 11.6. The van der Waals surface area contributed by atoms with E-state index in [1.165, 1.54) is 18.9 Å². The van der Waals surface area contributed by atoms with E-state index in [0.717, 1.165) is 32.5 Å². The minimum Gasteiger partial charge on any atom is -0.377 e. The third-order valence-corrected chi connectivity index (χ3v) is 2.66. The SMILES string of the molecule is C=CC(=O)NCCCCOC1CCCNC1. The molecular weight excluding hydrogens is 204 g/mol. The third kappa shape index (κ3) is 5.88. The molecule has 16 heavy (non-hydrogen) atoms. The van der Waals surface area contributed by atoms with Crippen LogP contribution in [0.5, 0.6) is 0 Å². The molecule has 1 unspecified atom stereocenters. The Labute approximate surface area is 97.4 Å². The van der Waals surface area contributed by atoms with Crippen LogP contribution >= 0.6 is 0 Å². The van der Waals surface area contributed by atoms with E-state index in [1.54, 1.807) is 0 Å². The minimum atomic E-state index is -0.0996. The van der Waals surface area contributed by atoms with Crippen molar-refractivity contribution in [1.29, 1.82) is 0 Å². The van der Waals surface area contributed by atoms with Crippen molar-refractivity contribution in [2.75, 3.05) is 26.2 Å². The summed E-state index contributed by atoms with van der Waals surface area (Å²) in [6.07, 6.45) is 6.01. The van der Waals surface area contributed by atoms with E-state index in [0.29, 0.717) is 12.6 Å². The van der Waals surface area contributed by atoms with E-state index in [-0.39, 0.29) is 5.91 Å². The van der Waals surface area contributed by atoms with Gasteiger partial charge in [-0.3, -0.25) is 4.79 Å². The van der Waals surface area contributed by atoms with Gasteiger partial charge in [-0.2, -0.15) is 0 Å². The lowest BCUT2D eigenvalue weighted by Crippen LogP contribution is -2.35. The van der Waals surface area contributed by atoms with E-state index in [2.05, 4.69) is 17.2 Å². The van der Waals surface area contributed by atoms with Crippen molar-refractivity contribution in [2.45, 2.75) is 31.8 Å². The van der Waals surface area contributed by atoms with Crippen molar-refractivity contribution in [2.24, 2.45) is 0 Å². The third-order valence-electron chi connectivity index (χ3n) is 2.66. The van der Waals surface area contributed by atoms with Gasteiger partial charge in [-0.25, -0.2) is 0 Å². The van der Waals surface area contributed by atoms with E-state index < -0.39 is 0 Å². The van der Waals surface area contributed by atoms with Gasteiger partial charge < -0.3 is 15.4 Å². The first-order valence-electron chi connectivity index (χ1n) is 6.05. The first-order valence-corrected chi connectivity index (χ1v) is 6.05. The summed E-state index contributed by atoms with van der Waals surface area (Å²) in [6.45, 7) is 6.98. The Morgan fingerprint density at radius 1 is 1.56 bits per heavy atom. The molecule has 1 heterocycles. The number of ether oxygens (including phenoxy) is 1. The normalized spacial score (nSPS) is 20.4. The molecule has 4 heteroatoms. The molecule has 0 spiro atoms. The molecule has 0 saturated carbocycles. The number of nitrogens with one attached hydrogen (secondary N) is 2. The van der Waals surface area contributed by atoms with Gasteiger partial charge in [-0.15, -0.1) is 0 Å². The Morgan fingerprint density at radius 2 is 2.44 bits per heavy atom. The number of carbonyl (C=O) groups excluding carboxylic acids is 1. The molecule has 92 valence electrons. The Morgan fingerprint density at radius 3 is 3.12 bits per heavy atom. The Bertz CT molecular complexity index is 213. The highest BCUT2D eigenvalue weighted by Crippen LogP contribution is 2.06. The second kappa shape index (κ2) is 8.30. The molecule has 4 nitrogen and oxygen atoms in total. The predicted octanol–water partition coefficient (Wildman–Crippen LogP) is 0.837. The van der Waals surface area contributed by atoms with Crippen molar-refractivity contribution in [3.8, 4) is 0 Å². The first-order chi connectivity index (χ1) is 7.83. The number of hydrogen-bond acceptors (Lipinski definition) is 3. The van der Waals surface area contributed by atoms with Gasteiger partial charge in [0.15, 0.2) is 0 Å². The van der Waals surface area contributed by atoms with Gasteiger partial charge in [0, 0.05) is 19.7 Å². The number of carbonyl (C=O) groups is 1. The number of unbranched alkanes of at least 4 members (excludes halogenated alkanes) is 1. The fourth-order valence-corrected chi connectivity index (χ4v) is 1.72. The van der Waals surface area contributed by atoms with Gasteiger partial charge in [0.2, 0.25) is 5.91 Å². The average Bonchev–Trinajstić information content (AvgIpc) is 2.34. The van der Waals surface area contributed by atoms with Gasteiger partial charge in [0.25, 0.3) is 0 Å². The summed E-state index contributed by atoms with van der Waals surface area (Å²) in [5.74, 6) is -0.0996. The molecule has 1 atom stereocenters. The maximum atomic E-state index is 10.8. The monoisotopic (exact) mass is 226 g/mol. The molecule has 0 aromatic rings. The van der Waals surface area contributed by atoms with Crippen LogP contribution in [0.4, 0.5) is 0 Å². The standard InChI is InChI=1S/C12H22N2O2/c1-2-12(15)14-8-3-4-9-16-11-6-5-7-13-10-11/h2,11,13H,1,3-10H2,(H,14,15). The summed E-state index contributed by atoms with van der Waals surface area (Å²) in [7, 11) is 0. The smallest absolute Gasteiger partial charge is 0.243 e. The molecule has 1 aliphatic rings. The maximum absolute atomic E-state index is 10.8. The molecule has 1 fully saturated rings. The molecule has 1 aliphatic heterocycles. The summed E-state index contributed by atoms with van der Waals surface area (Å²) < 4.78 is 5.72. The van der Waals surface area contributed by atoms with Gasteiger partial charge >= 0.3 is 0 Å². The van der Waals surface area contributed by atoms with Crippen LogP contribution < -0.4 is 10.6 Å². The summed E-state index contributed by atoms with van der Waals surface area (Å²) >= 11 is 0. The Balaban J connectivity index is 1.87. The van der Waals surface area contributed by atoms with Crippen LogP contribution in [0.1, 0.15) is 25.7 Å². The van der Waals surface area contributed by atoms with Gasteiger partial charge in [0.1, 0.15) is 0 Å². The van der Waals surface area contributed by atoms with Crippen LogP contribution in [0.3, 0.4) is 0 Å². The molecular formula is C12H22N2O2. The summed E-state index contributed by atoms with van der Waals surface area (Å²) in [5, 5.41) is 6.06. The van der Waals surface area contributed by atoms with Crippen LogP contribution in [0.25, 0.3) is 0 Å². The van der Waals surface area contributed by atoms with Crippen molar-refractivity contribution in [3.05, 3.63) is 12.7 Å². The fraction of sp³-hybridized carbons (Fsp3) is 0.750. The lowest BCUT2D eigenvalue weighted by Gasteiger charge is -2.22. The van der Waals surface area contributed by atoms with E-state index in [4.69, 9.17) is 4.74 Å². The van der Waals surface area contributed by atoms with Crippen LogP contribution in [-0.2, 0) is 9.53 Å². The van der Waals surface area contributed by atoms with Crippen LogP contribution in [-0.4, -0.2) is 38.3 Å². The number of piperidine rings is 1. The highest BCUT2D eigenvalue weighted by Gasteiger charge is 2.12. The van der Waals surface area contributed by atoms with E-state index in [1.807, 2.05) is 0 Å². The molecule has 1 rings (SSSR count). The second-order valence-electron chi connectivity index (χ2n) is 4.04. The molecule has 2 N–H and O–H groups in total. The highest BCUT2D eigenvalue weighted by atomic mass is 16.5. The largest absolute Gasteiger partial charge is 0.377 e. The van der Waals surface area contributed by atoms with Gasteiger partial charge in [0.05, 0.1) is 6.10 Å². The minimum absolute atomic E-state index is 0.0996. The zero-order valence-corrected chi connectivity index (χ0v) is 9.84. The van der Waals surface area contributed by atoms with Crippen molar-refractivity contribution >= 4 is 5.91 Å². The van der Waals surface area contributed by atoms with Gasteiger partial charge in [-0.1, -0.05) is 6.58 Å². The lowest BCUT2D eigenvalue weighted by atomic mass is 10.1. The first kappa shape index (κ1) is 13.2. The quantitative estimate of drug-likeness (QED) is 0.499. The highest BCUT2D eigenvalue weighted by molar-refractivity contribution is 5.86. The molecule has 1 amide bonds. The summed E-state index contributed by atoms with van der Waals surface area (Å²) in [4.78, 5) is 10.8. The predicted molar refractivity (Wildman–Crippen MR) is 64.3 cm³/mol. The van der Waals surface area contributed by atoms with E-state index >= 15 is 0 Å². The summed E-state index contributed by atoms with van der Waals surface area (Å²) in [6, 6.07) is 0. The van der Waals surface area contributed by atoms with Crippen LogP contribution in [0.2, 0.25) is 0 Å². The molecule has 0 bridgehead atoms.